The lowest BCUT2D eigenvalue weighted by Gasteiger charge is -2.22. The van der Waals surface area contributed by atoms with Gasteiger partial charge in [-0.3, -0.25) is 0 Å². The summed E-state index contributed by atoms with van der Waals surface area (Å²) in [5.41, 5.74) is 3.01. The number of fused-ring (bicyclic) bond motifs is 1. The lowest BCUT2D eigenvalue weighted by Crippen LogP contribution is -2.04. The van der Waals surface area contributed by atoms with E-state index in [0.29, 0.717) is 0 Å². The average molecular weight is 208 g/mol. The average Bonchev–Trinajstić information content (AvgIpc) is 2.23. The van der Waals surface area contributed by atoms with Gasteiger partial charge in [0.25, 0.3) is 0 Å². The van der Waals surface area contributed by atoms with Gasteiger partial charge in [-0.2, -0.15) is 0 Å². The van der Waals surface area contributed by atoms with Crippen molar-refractivity contribution in [2.24, 2.45) is 0 Å². The standard InChI is InChI=1S/C11H14S.C2H6/c1-8-6-7-12-11-9(2)4-3-5-10(8)11;1-2/h3-5,8H,6-7H2,1-2H3;1-2H3. The molecule has 0 spiro atoms. The van der Waals surface area contributed by atoms with E-state index in [1.54, 1.807) is 5.56 Å². The Balaban J connectivity index is 0.000000461. The van der Waals surface area contributed by atoms with Crippen molar-refractivity contribution in [2.45, 2.75) is 44.9 Å². The zero-order chi connectivity index (χ0) is 10.6. The molecule has 0 saturated heterocycles. The van der Waals surface area contributed by atoms with E-state index in [4.69, 9.17) is 0 Å². The number of thioether (sulfide) groups is 1. The summed E-state index contributed by atoms with van der Waals surface area (Å²) in [5, 5.41) is 0. The number of hydrogen-bond acceptors (Lipinski definition) is 1. The van der Waals surface area contributed by atoms with Crippen LogP contribution in [0.2, 0.25) is 0 Å². The van der Waals surface area contributed by atoms with Crippen LogP contribution >= 0.6 is 11.8 Å². The highest BCUT2D eigenvalue weighted by molar-refractivity contribution is 7.99. The summed E-state index contributed by atoms with van der Waals surface area (Å²) in [4.78, 5) is 1.54. The predicted molar refractivity (Wildman–Crippen MR) is 66.3 cm³/mol. The Morgan fingerprint density at radius 1 is 1.29 bits per heavy atom. The normalized spacial score (nSPS) is 19.3. The maximum Gasteiger partial charge on any atom is 0.0136 e. The van der Waals surface area contributed by atoms with Crippen molar-refractivity contribution in [3.05, 3.63) is 29.3 Å². The third kappa shape index (κ3) is 2.33. The Kier molecular flexibility index (Phi) is 4.53. The predicted octanol–water partition coefficient (Wildman–Crippen LogP) is 4.62. The van der Waals surface area contributed by atoms with Gasteiger partial charge >= 0.3 is 0 Å². The molecule has 1 heteroatoms. The molecule has 2 rings (SSSR count). The zero-order valence-corrected chi connectivity index (χ0v) is 10.4. The van der Waals surface area contributed by atoms with Crippen molar-refractivity contribution in [3.8, 4) is 0 Å². The quantitative estimate of drug-likeness (QED) is 0.599. The molecule has 0 nitrogen and oxygen atoms in total. The van der Waals surface area contributed by atoms with Crippen LogP contribution in [0.4, 0.5) is 0 Å². The molecule has 0 N–H and O–H groups in total. The van der Waals surface area contributed by atoms with Gasteiger partial charge in [-0.1, -0.05) is 39.0 Å². The van der Waals surface area contributed by atoms with Crippen molar-refractivity contribution in [1.29, 1.82) is 0 Å². The fraction of sp³-hybridized carbons (Fsp3) is 0.538. The molecule has 0 bridgehead atoms. The van der Waals surface area contributed by atoms with Crippen LogP contribution in [0.3, 0.4) is 0 Å². The SMILES string of the molecule is CC.Cc1cccc2c1SCCC2C. The number of hydrogen-bond donors (Lipinski definition) is 0. The highest BCUT2D eigenvalue weighted by atomic mass is 32.2. The molecule has 0 saturated carbocycles. The molecule has 14 heavy (non-hydrogen) atoms. The monoisotopic (exact) mass is 208 g/mol. The molecule has 0 radical (unpaired) electrons. The van der Waals surface area contributed by atoms with Crippen molar-refractivity contribution < 1.29 is 0 Å². The largest absolute Gasteiger partial charge is 0.126 e. The van der Waals surface area contributed by atoms with Crippen LogP contribution in [-0.2, 0) is 0 Å². The smallest absolute Gasteiger partial charge is 0.0136 e. The summed E-state index contributed by atoms with van der Waals surface area (Å²) >= 11 is 2.02. The second kappa shape index (κ2) is 5.45. The summed E-state index contributed by atoms with van der Waals surface area (Å²) in [6.45, 7) is 8.54. The van der Waals surface area contributed by atoms with Gasteiger partial charge in [0.2, 0.25) is 0 Å². The van der Waals surface area contributed by atoms with Gasteiger partial charge < -0.3 is 0 Å². The first-order chi connectivity index (χ1) is 6.79. The van der Waals surface area contributed by atoms with Gasteiger partial charge in [-0.25, -0.2) is 0 Å². The summed E-state index contributed by atoms with van der Waals surface area (Å²) in [6.07, 6.45) is 1.33. The maximum absolute atomic E-state index is 2.33. The summed E-state index contributed by atoms with van der Waals surface area (Å²) in [5.74, 6) is 2.06. The summed E-state index contributed by atoms with van der Waals surface area (Å²) in [6, 6.07) is 6.67. The van der Waals surface area contributed by atoms with Gasteiger partial charge in [0.1, 0.15) is 0 Å². The van der Waals surface area contributed by atoms with E-state index in [-0.39, 0.29) is 0 Å². The van der Waals surface area contributed by atoms with Crippen LogP contribution in [0.25, 0.3) is 0 Å². The topological polar surface area (TPSA) is 0 Å². The van der Waals surface area contributed by atoms with Gasteiger partial charge in [0, 0.05) is 4.90 Å². The van der Waals surface area contributed by atoms with Gasteiger partial charge in [0.05, 0.1) is 0 Å². The highest BCUT2D eigenvalue weighted by Gasteiger charge is 2.17. The minimum absolute atomic E-state index is 0.765. The molecule has 1 aliphatic heterocycles. The first-order valence-corrected chi connectivity index (χ1v) is 6.50. The molecule has 1 aliphatic rings. The molecule has 1 atom stereocenters. The van der Waals surface area contributed by atoms with Crippen molar-refractivity contribution >= 4 is 11.8 Å². The van der Waals surface area contributed by atoms with Crippen LogP contribution < -0.4 is 0 Å². The van der Waals surface area contributed by atoms with E-state index >= 15 is 0 Å². The minimum Gasteiger partial charge on any atom is -0.126 e. The van der Waals surface area contributed by atoms with Crippen molar-refractivity contribution in [1.82, 2.24) is 0 Å². The first-order valence-electron chi connectivity index (χ1n) is 5.51. The molecule has 0 amide bonds. The van der Waals surface area contributed by atoms with E-state index in [9.17, 15) is 0 Å². The fourth-order valence-electron chi connectivity index (χ4n) is 1.75. The van der Waals surface area contributed by atoms with E-state index in [2.05, 4.69) is 32.0 Å². The maximum atomic E-state index is 2.33. The van der Waals surface area contributed by atoms with Crippen LogP contribution in [-0.4, -0.2) is 5.75 Å². The third-order valence-corrected chi connectivity index (χ3v) is 3.86. The molecule has 1 heterocycles. The highest BCUT2D eigenvalue weighted by Crippen LogP contribution is 2.38. The molecule has 78 valence electrons. The molecule has 1 aromatic rings. The molecular weight excluding hydrogens is 188 g/mol. The van der Waals surface area contributed by atoms with Gasteiger partial charge in [-0.05, 0) is 36.1 Å². The second-order valence-corrected chi connectivity index (χ2v) is 4.64. The Morgan fingerprint density at radius 2 is 2.00 bits per heavy atom. The van der Waals surface area contributed by atoms with Gasteiger partial charge in [0.15, 0.2) is 0 Å². The van der Waals surface area contributed by atoms with Crippen LogP contribution in [0.15, 0.2) is 23.1 Å². The third-order valence-electron chi connectivity index (χ3n) is 2.57. The van der Waals surface area contributed by atoms with E-state index in [0.717, 1.165) is 5.92 Å². The Labute approximate surface area is 92.1 Å². The second-order valence-electron chi connectivity index (χ2n) is 3.53. The first kappa shape index (κ1) is 11.6. The molecule has 1 unspecified atom stereocenters. The molecule has 0 aliphatic carbocycles. The van der Waals surface area contributed by atoms with Gasteiger partial charge in [-0.15, -0.1) is 11.8 Å². The zero-order valence-electron chi connectivity index (χ0n) is 9.63. The van der Waals surface area contributed by atoms with Crippen LogP contribution in [0, 0.1) is 6.92 Å². The van der Waals surface area contributed by atoms with Crippen LogP contribution in [0.5, 0.6) is 0 Å². The molecule has 0 aromatic heterocycles. The number of aryl methyl sites for hydroxylation is 1. The molecule has 0 fully saturated rings. The Hall–Kier alpha value is -0.430. The number of benzene rings is 1. The Morgan fingerprint density at radius 3 is 2.64 bits per heavy atom. The lowest BCUT2D eigenvalue weighted by atomic mass is 9.96. The van der Waals surface area contributed by atoms with E-state index in [1.807, 2.05) is 25.6 Å². The minimum atomic E-state index is 0.765. The summed E-state index contributed by atoms with van der Waals surface area (Å²) in [7, 11) is 0. The molecule has 1 aromatic carbocycles. The fourth-order valence-corrected chi connectivity index (χ4v) is 3.16. The molecular formula is C13H20S. The van der Waals surface area contributed by atoms with Crippen molar-refractivity contribution in [3.63, 3.8) is 0 Å². The van der Waals surface area contributed by atoms with E-state index in [1.165, 1.54) is 22.6 Å². The lowest BCUT2D eigenvalue weighted by molar-refractivity contribution is 0.711. The van der Waals surface area contributed by atoms with Crippen molar-refractivity contribution in [2.75, 3.05) is 5.75 Å². The Bertz CT molecular complexity index is 291. The summed E-state index contributed by atoms with van der Waals surface area (Å²) < 4.78 is 0. The van der Waals surface area contributed by atoms with Crippen LogP contribution in [0.1, 0.15) is 44.2 Å². The number of rotatable bonds is 0. The van der Waals surface area contributed by atoms with E-state index < -0.39 is 0 Å².